The highest BCUT2D eigenvalue weighted by Crippen LogP contribution is 2.12. The van der Waals surface area contributed by atoms with E-state index in [2.05, 4.69) is 11.8 Å². The molecule has 0 bridgehead atoms. The highest BCUT2D eigenvalue weighted by atomic mass is 35.5. The molecule has 5 heteroatoms. The molecule has 104 valence electrons. The summed E-state index contributed by atoms with van der Waals surface area (Å²) in [6.07, 6.45) is 0.640. The summed E-state index contributed by atoms with van der Waals surface area (Å²) >= 11 is 5.54. The van der Waals surface area contributed by atoms with Crippen LogP contribution in [0.1, 0.15) is 18.9 Å². The van der Waals surface area contributed by atoms with Crippen LogP contribution in [0.5, 0.6) is 5.75 Å². The highest BCUT2D eigenvalue weighted by Gasteiger charge is 2.07. The van der Waals surface area contributed by atoms with Crippen molar-refractivity contribution in [1.29, 1.82) is 0 Å². The average Bonchev–Trinajstić information content (AvgIpc) is 2.39. The fourth-order valence-corrected chi connectivity index (χ4v) is 2.03. The lowest BCUT2D eigenvalue weighted by Gasteiger charge is -2.06. The molecule has 0 radical (unpaired) electrons. The van der Waals surface area contributed by atoms with Gasteiger partial charge in [-0.15, -0.1) is 11.6 Å². The number of sulfone groups is 1. The maximum Gasteiger partial charge on any atom is 0.153 e. The maximum atomic E-state index is 11.3. The van der Waals surface area contributed by atoms with E-state index in [4.69, 9.17) is 16.3 Å². The summed E-state index contributed by atoms with van der Waals surface area (Å²) in [5.41, 5.74) is 0.834. The van der Waals surface area contributed by atoms with Gasteiger partial charge in [-0.05, 0) is 18.2 Å². The van der Waals surface area contributed by atoms with Crippen molar-refractivity contribution in [3.05, 3.63) is 29.8 Å². The lowest BCUT2D eigenvalue weighted by molar-refractivity contribution is 0.341. The molecule has 0 saturated carbocycles. The van der Waals surface area contributed by atoms with Gasteiger partial charge in [0.25, 0.3) is 0 Å². The molecule has 0 heterocycles. The summed E-state index contributed by atoms with van der Waals surface area (Å²) in [5, 5.41) is 0. The molecule has 0 spiro atoms. The third kappa shape index (κ3) is 6.51. The number of halogens is 1. The molecular formula is C14H17ClO3S. The highest BCUT2D eigenvalue weighted by molar-refractivity contribution is 7.91. The molecule has 0 N–H and O–H groups in total. The Kier molecular flexibility index (Phi) is 6.75. The topological polar surface area (TPSA) is 43.4 Å². The van der Waals surface area contributed by atoms with Crippen LogP contribution in [0.2, 0.25) is 0 Å². The zero-order valence-corrected chi connectivity index (χ0v) is 12.4. The van der Waals surface area contributed by atoms with Crippen LogP contribution >= 0.6 is 11.6 Å². The Morgan fingerprint density at radius 3 is 2.84 bits per heavy atom. The second-order valence-electron chi connectivity index (χ2n) is 3.85. The summed E-state index contributed by atoms with van der Waals surface area (Å²) in [6.45, 7) is 1.79. The molecule has 0 fully saturated rings. The Bertz CT molecular complexity index is 556. The van der Waals surface area contributed by atoms with Gasteiger partial charge in [0.05, 0.1) is 5.75 Å². The van der Waals surface area contributed by atoms with Crippen molar-refractivity contribution in [3.8, 4) is 17.6 Å². The van der Waals surface area contributed by atoms with E-state index in [1.807, 2.05) is 12.1 Å². The van der Waals surface area contributed by atoms with E-state index < -0.39 is 9.84 Å². The Hall–Kier alpha value is -1.18. The van der Waals surface area contributed by atoms with E-state index in [1.54, 1.807) is 19.1 Å². The Labute approximate surface area is 119 Å². The van der Waals surface area contributed by atoms with Crippen LogP contribution < -0.4 is 4.74 Å². The van der Waals surface area contributed by atoms with Gasteiger partial charge in [-0.1, -0.05) is 24.8 Å². The van der Waals surface area contributed by atoms with Gasteiger partial charge in [-0.2, -0.15) is 0 Å². The van der Waals surface area contributed by atoms with E-state index in [9.17, 15) is 8.42 Å². The first-order valence-corrected chi connectivity index (χ1v) is 8.41. The second kappa shape index (κ2) is 8.08. The third-order valence-electron chi connectivity index (χ3n) is 2.39. The molecule has 0 aromatic heterocycles. The molecule has 0 saturated heterocycles. The zero-order chi connectivity index (χ0) is 14.1. The van der Waals surface area contributed by atoms with Crippen LogP contribution in [0, 0.1) is 11.8 Å². The first kappa shape index (κ1) is 15.9. The van der Waals surface area contributed by atoms with Crippen molar-refractivity contribution >= 4 is 21.4 Å². The molecule has 0 unspecified atom stereocenters. The number of hydrogen-bond donors (Lipinski definition) is 0. The van der Waals surface area contributed by atoms with Gasteiger partial charge in [0.1, 0.15) is 12.4 Å². The Balaban J connectivity index is 2.56. The monoisotopic (exact) mass is 300 g/mol. The summed E-state index contributed by atoms with van der Waals surface area (Å²) in [7, 11) is -2.98. The normalized spacial score (nSPS) is 10.6. The summed E-state index contributed by atoms with van der Waals surface area (Å²) in [4.78, 5) is 0. The largest absolute Gasteiger partial charge is 0.492 e. The Morgan fingerprint density at radius 2 is 2.16 bits per heavy atom. The fourth-order valence-electron chi connectivity index (χ4n) is 1.31. The van der Waals surface area contributed by atoms with Gasteiger partial charge >= 0.3 is 0 Å². The van der Waals surface area contributed by atoms with E-state index in [0.717, 1.165) is 5.56 Å². The van der Waals surface area contributed by atoms with Gasteiger partial charge in [0.15, 0.2) is 9.84 Å². The molecule has 0 aliphatic carbocycles. The zero-order valence-electron chi connectivity index (χ0n) is 10.9. The number of alkyl halides is 1. The van der Waals surface area contributed by atoms with E-state index in [1.165, 1.54) is 0 Å². The molecule has 0 atom stereocenters. The molecule has 1 rings (SSSR count). The van der Waals surface area contributed by atoms with Crippen LogP contribution in [0.25, 0.3) is 0 Å². The average molecular weight is 301 g/mol. The van der Waals surface area contributed by atoms with E-state index >= 15 is 0 Å². The fraction of sp³-hybridized carbons (Fsp3) is 0.429. The van der Waals surface area contributed by atoms with Crippen LogP contribution in [0.3, 0.4) is 0 Å². The number of ether oxygens (including phenoxy) is 1. The number of benzene rings is 1. The van der Waals surface area contributed by atoms with Crippen molar-refractivity contribution < 1.29 is 13.2 Å². The molecule has 0 aliphatic heterocycles. The van der Waals surface area contributed by atoms with Gasteiger partial charge in [0.2, 0.25) is 0 Å². The van der Waals surface area contributed by atoms with Gasteiger partial charge in [-0.3, -0.25) is 0 Å². The van der Waals surface area contributed by atoms with Gasteiger partial charge in [0, 0.05) is 23.6 Å². The Morgan fingerprint density at radius 1 is 1.37 bits per heavy atom. The third-order valence-corrected chi connectivity index (χ3v) is 4.25. The maximum absolute atomic E-state index is 11.3. The lowest BCUT2D eigenvalue weighted by Crippen LogP contribution is -2.15. The molecule has 1 aromatic carbocycles. The van der Waals surface area contributed by atoms with Crippen molar-refractivity contribution in [3.63, 3.8) is 0 Å². The summed E-state index contributed by atoms with van der Waals surface area (Å²) < 4.78 is 28.0. The van der Waals surface area contributed by atoms with Gasteiger partial charge in [-0.25, -0.2) is 8.42 Å². The van der Waals surface area contributed by atoms with Crippen molar-refractivity contribution in [2.45, 2.75) is 13.3 Å². The standard InChI is InChI=1S/C14H17ClO3S/c1-2-19(16,17)11-10-18-14-8-5-7-13(12-14)6-3-4-9-15/h5,7-8,12H,2,4,9-11H2,1H3. The molecule has 0 aliphatic rings. The number of rotatable bonds is 6. The van der Waals surface area contributed by atoms with E-state index in [-0.39, 0.29) is 18.1 Å². The van der Waals surface area contributed by atoms with Crippen molar-refractivity contribution in [2.75, 3.05) is 24.0 Å². The second-order valence-corrected chi connectivity index (χ2v) is 6.70. The SMILES string of the molecule is CCS(=O)(=O)CCOc1cccc(C#CCCCl)c1. The summed E-state index contributed by atoms with van der Waals surface area (Å²) in [5.74, 6) is 7.22. The first-order valence-electron chi connectivity index (χ1n) is 6.05. The van der Waals surface area contributed by atoms with Gasteiger partial charge < -0.3 is 4.74 Å². The molecule has 1 aromatic rings. The number of hydrogen-bond acceptors (Lipinski definition) is 3. The van der Waals surface area contributed by atoms with Crippen LogP contribution in [0.15, 0.2) is 24.3 Å². The smallest absolute Gasteiger partial charge is 0.153 e. The molecular weight excluding hydrogens is 284 g/mol. The summed E-state index contributed by atoms with van der Waals surface area (Å²) in [6, 6.07) is 7.27. The minimum atomic E-state index is -2.98. The van der Waals surface area contributed by atoms with Crippen molar-refractivity contribution in [1.82, 2.24) is 0 Å². The minimum absolute atomic E-state index is 0.0334. The predicted octanol–water partition coefficient (Wildman–Crippen LogP) is 2.48. The van der Waals surface area contributed by atoms with E-state index in [0.29, 0.717) is 18.1 Å². The minimum Gasteiger partial charge on any atom is -0.492 e. The lowest BCUT2D eigenvalue weighted by atomic mass is 10.2. The van der Waals surface area contributed by atoms with Crippen LogP contribution in [0.4, 0.5) is 0 Å². The van der Waals surface area contributed by atoms with Crippen LogP contribution in [-0.2, 0) is 9.84 Å². The van der Waals surface area contributed by atoms with Crippen molar-refractivity contribution in [2.24, 2.45) is 0 Å². The predicted molar refractivity (Wildman–Crippen MR) is 78.5 cm³/mol. The molecule has 0 amide bonds. The molecule has 3 nitrogen and oxygen atoms in total. The molecule has 19 heavy (non-hydrogen) atoms. The quantitative estimate of drug-likeness (QED) is 0.599. The first-order chi connectivity index (χ1) is 9.07. The van der Waals surface area contributed by atoms with Crippen LogP contribution in [-0.4, -0.2) is 32.4 Å².